The van der Waals surface area contributed by atoms with Gasteiger partial charge in [-0.25, -0.2) is 14.6 Å². The molecule has 1 aliphatic rings. The van der Waals surface area contributed by atoms with Gasteiger partial charge < -0.3 is 15.0 Å². The van der Waals surface area contributed by atoms with E-state index in [1.807, 2.05) is 12.1 Å². The maximum Gasteiger partial charge on any atom is 0.325 e. The molecule has 3 amide bonds. The largest absolute Gasteiger partial charge is 0.457 e. The standard InChI is InChI=1S/C21H21N5O4/c1-22-20(28)26-11-5-14-12-16(2-3-18(14)26)30-17-4-8-23-19(13-17)24-21(29)25-9-6-15(27)7-10-25/h2-5,8,11-13H,6-7,9-10H2,1H3,(H,22,28)(H,23,24,29). The van der Waals surface area contributed by atoms with Crippen molar-refractivity contribution in [1.29, 1.82) is 0 Å². The summed E-state index contributed by atoms with van der Waals surface area (Å²) in [6.45, 7) is 0.827. The number of carbonyl (C=O) groups excluding carboxylic acids is 3. The summed E-state index contributed by atoms with van der Waals surface area (Å²) in [4.78, 5) is 41.3. The summed E-state index contributed by atoms with van der Waals surface area (Å²) in [5.41, 5.74) is 0.768. The summed E-state index contributed by atoms with van der Waals surface area (Å²) < 4.78 is 7.43. The molecule has 0 saturated carbocycles. The van der Waals surface area contributed by atoms with Crippen LogP contribution in [0.2, 0.25) is 0 Å². The van der Waals surface area contributed by atoms with E-state index in [9.17, 15) is 14.4 Å². The summed E-state index contributed by atoms with van der Waals surface area (Å²) >= 11 is 0. The van der Waals surface area contributed by atoms with Gasteiger partial charge in [0.1, 0.15) is 23.1 Å². The Morgan fingerprint density at radius 2 is 1.80 bits per heavy atom. The minimum absolute atomic E-state index is 0.176. The van der Waals surface area contributed by atoms with Crippen molar-refractivity contribution in [1.82, 2.24) is 19.8 Å². The summed E-state index contributed by atoms with van der Waals surface area (Å²) in [6.07, 6.45) is 4.01. The molecule has 0 unspecified atom stereocenters. The quantitative estimate of drug-likeness (QED) is 0.694. The van der Waals surface area contributed by atoms with E-state index in [-0.39, 0.29) is 17.8 Å². The number of pyridine rings is 1. The van der Waals surface area contributed by atoms with Crippen LogP contribution in [0.5, 0.6) is 11.5 Å². The molecule has 3 aromatic rings. The van der Waals surface area contributed by atoms with E-state index in [4.69, 9.17) is 4.74 Å². The minimum Gasteiger partial charge on any atom is -0.457 e. The van der Waals surface area contributed by atoms with Crippen LogP contribution in [-0.4, -0.2) is 52.4 Å². The predicted molar refractivity (Wildman–Crippen MR) is 111 cm³/mol. The number of nitrogens with one attached hydrogen (secondary N) is 2. The molecule has 9 heteroatoms. The fraction of sp³-hybridized carbons (Fsp3) is 0.238. The monoisotopic (exact) mass is 407 g/mol. The van der Waals surface area contributed by atoms with E-state index in [0.717, 1.165) is 10.9 Å². The molecule has 2 N–H and O–H groups in total. The van der Waals surface area contributed by atoms with Crippen molar-refractivity contribution < 1.29 is 19.1 Å². The second-order valence-electron chi connectivity index (χ2n) is 6.90. The number of fused-ring (bicyclic) bond motifs is 1. The molecule has 30 heavy (non-hydrogen) atoms. The molecule has 1 fully saturated rings. The van der Waals surface area contributed by atoms with E-state index >= 15 is 0 Å². The van der Waals surface area contributed by atoms with Crippen LogP contribution in [0.15, 0.2) is 48.8 Å². The number of anilines is 1. The normalized spacial score (nSPS) is 13.9. The third kappa shape index (κ3) is 4.09. The van der Waals surface area contributed by atoms with Gasteiger partial charge in [0.05, 0.1) is 5.52 Å². The van der Waals surface area contributed by atoms with Gasteiger partial charge in [-0.05, 0) is 30.3 Å². The highest BCUT2D eigenvalue weighted by Gasteiger charge is 2.21. The molecule has 1 aromatic carbocycles. The van der Waals surface area contributed by atoms with Gasteiger partial charge in [0, 0.05) is 56.8 Å². The molecule has 2 aromatic heterocycles. The zero-order valence-electron chi connectivity index (χ0n) is 16.4. The van der Waals surface area contributed by atoms with Gasteiger partial charge in [-0.1, -0.05) is 0 Å². The number of urea groups is 1. The lowest BCUT2D eigenvalue weighted by Crippen LogP contribution is -2.41. The van der Waals surface area contributed by atoms with Crippen LogP contribution in [0.25, 0.3) is 10.9 Å². The first-order valence-electron chi connectivity index (χ1n) is 9.58. The number of amides is 3. The Hall–Kier alpha value is -3.88. The summed E-state index contributed by atoms with van der Waals surface area (Å²) in [6, 6.07) is 10.1. The van der Waals surface area contributed by atoms with Crippen LogP contribution in [-0.2, 0) is 4.79 Å². The average Bonchev–Trinajstić information content (AvgIpc) is 3.17. The molecular weight excluding hydrogens is 386 g/mol. The maximum absolute atomic E-state index is 12.4. The van der Waals surface area contributed by atoms with E-state index in [1.54, 1.807) is 48.6 Å². The lowest BCUT2D eigenvalue weighted by atomic mass is 10.1. The molecular formula is C21H21N5O4. The number of hydrogen-bond acceptors (Lipinski definition) is 5. The third-order valence-corrected chi connectivity index (χ3v) is 4.90. The Balaban J connectivity index is 1.46. The van der Waals surface area contributed by atoms with Crippen molar-refractivity contribution in [3.8, 4) is 11.5 Å². The van der Waals surface area contributed by atoms with Gasteiger partial charge in [0.2, 0.25) is 0 Å². The molecule has 9 nitrogen and oxygen atoms in total. The lowest BCUT2D eigenvalue weighted by molar-refractivity contribution is -0.120. The van der Waals surface area contributed by atoms with Gasteiger partial charge in [0.15, 0.2) is 0 Å². The number of nitrogens with zero attached hydrogens (tertiary/aromatic N) is 3. The van der Waals surface area contributed by atoms with Crippen LogP contribution in [0.3, 0.4) is 0 Å². The second kappa shape index (κ2) is 8.24. The average molecular weight is 407 g/mol. The first-order chi connectivity index (χ1) is 14.5. The van der Waals surface area contributed by atoms with E-state index in [1.165, 1.54) is 4.57 Å². The van der Waals surface area contributed by atoms with E-state index < -0.39 is 0 Å². The Morgan fingerprint density at radius 3 is 2.57 bits per heavy atom. The van der Waals surface area contributed by atoms with Crippen LogP contribution >= 0.6 is 0 Å². The molecule has 0 atom stereocenters. The van der Waals surface area contributed by atoms with E-state index in [2.05, 4.69) is 15.6 Å². The van der Waals surface area contributed by atoms with Crippen molar-refractivity contribution in [2.24, 2.45) is 0 Å². The fourth-order valence-corrected chi connectivity index (χ4v) is 3.31. The Morgan fingerprint density at radius 1 is 1.03 bits per heavy atom. The molecule has 3 heterocycles. The van der Waals surface area contributed by atoms with Gasteiger partial charge in [-0.3, -0.25) is 14.7 Å². The molecule has 0 radical (unpaired) electrons. The molecule has 0 spiro atoms. The first kappa shape index (κ1) is 19.4. The first-order valence-corrected chi connectivity index (χ1v) is 9.58. The van der Waals surface area contributed by atoms with Gasteiger partial charge in [-0.15, -0.1) is 0 Å². The second-order valence-corrected chi connectivity index (χ2v) is 6.90. The summed E-state index contributed by atoms with van der Waals surface area (Å²) in [5.74, 6) is 1.64. The molecule has 1 saturated heterocycles. The van der Waals surface area contributed by atoms with Crippen LogP contribution < -0.4 is 15.4 Å². The van der Waals surface area contributed by atoms with Crippen molar-refractivity contribution in [3.05, 3.63) is 48.8 Å². The van der Waals surface area contributed by atoms with Crippen molar-refractivity contribution in [3.63, 3.8) is 0 Å². The Bertz CT molecular complexity index is 1110. The Labute approximate surface area is 172 Å². The number of benzene rings is 1. The number of ether oxygens (including phenoxy) is 1. The summed E-state index contributed by atoms with van der Waals surface area (Å²) in [5, 5.41) is 6.19. The molecule has 4 rings (SSSR count). The van der Waals surface area contributed by atoms with Crippen LogP contribution in [0.1, 0.15) is 12.8 Å². The van der Waals surface area contributed by atoms with E-state index in [0.29, 0.717) is 43.2 Å². The molecule has 154 valence electrons. The molecule has 0 aliphatic carbocycles. The zero-order valence-corrected chi connectivity index (χ0v) is 16.4. The number of piperidine rings is 1. The van der Waals surface area contributed by atoms with Gasteiger partial charge in [0.25, 0.3) is 0 Å². The molecule has 0 bridgehead atoms. The SMILES string of the molecule is CNC(=O)n1ccc2cc(Oc3ccnc(NC(=O)N4CCC(=O)CC4)c3)ccc21. The van der Waals surface area contributed by atoms with Gasteiger partial charge >= 0.3 is 12.1 Å². The Kier molecular flexibility index (Phi) is 5.34. The van der Waals surface area contributed by atoms with Crippen molar-refractivity contribution >= 4 is 34.6 Å². The predicted octanol–water partition coefficient (Wildman–Crippen LogP) is 3.21. The zero-order chi connectivity index (χ0) is 21.1. The highest BCUT2D eigenvalue weighted by molar-refractivity contribution is 5.92. The van der Waals surface area contributed by atoms with Gasteiger partial charge in [-0.2, -0.15) is 0 Å². The number of rotatable bonds is 3. The lowest BCUT2D eigenvalue weighted by Gasteiger charge is -2.25. The third-order valence-electron chi connectivity index (χ3n) is 4.90. The number of ketones is 1. The number of likely N-dealkylation sites (tertiary alicyclic amines) is 1. The fourth-order valence-electron chi connectivity index (χ4n) is 3.31. The number of Topliss-reactive ketones (excluding diaryl/α,β-unsaturated/α-hetero) is 1. The van der Waals surface area contributed by atoms with Crippen molar-refractivity contribution in [2.75, 3.05) is 25.5 Å². The van der Waals surface area contributed by atoms with Crippen LogP contribution in [0, 0.1) is 0 Å². The highest BCUT2D eigenvalue weighted by atomic mass is 16.5. The smallest absolute Gasteiger partial charge is 0.325 e. The van der Waals surface area contributed by atoms with Crippen LogP contribution in [0.4, 0.5) is 15.4 Å². The molecule has 1 aliphatic heterocycles. The summed E-state index contributed by atoms with van der Waals surface area (Å²) in [7, 11) is 1.58. The topological polar surface area (TPSA) is 106 Å². The number of carbonyl (C=O) groups is 3. The number of aromatic nitrogens is 2. The number of hydrogen-bond donors (Lipinski definition) is 2. The highest BCUT2D eigenvalue weighted by Crippen LogP contribution is 2.27. The maximum atomic E-state index is 12.4. The minimum atomic E-state index is -0.288. The van der Waals surface area contributed by atoms with Crippen molar-refractivity contribution in [2.45, 2.75) is 12.8 Å².